The van der Waals surface area contributed by atoms with Gasteiger partial charge in [-0.1, -0.05) is 88.4 Å². The Morgan fingerprint density at radius 1 is 1.03 bits per heavy atom. The summed E-state index contributed by atoms with van der Waals surface area (Å²) in [5, 5.41) is 10.6. The number of benzene rings is 3. The molecule has 0 aliphatic carbocycles. The van der Waals surface area contributed by atoms with Crippen LogP contribution in [0.25, 0.3) is 17.2 Å². The van der Waals surface area contributed by atoms with Crippen molar-refractivity contribution in [3.05, 3.63) is 100 Å². The fourth-order valence-corrected chi connectivity index (χ4v) is 4.56. The molecule has 0 aromatic heterocycles. The molecule has 1 aliphatic rings. The van der Waals surface area contributed by atoms with E-state index in [0.29, 0.717) is 0 Å². The Kier molecular flexibility index (Phi) is 12.2. The number of aryl methyl sites for hydroxylation is 2. The van der Waals surface area contributed by atoms with Crippen LogP contribution < -0.4 is 34.7 Å². The topological polar surface area (TPSA) is 52.7 Å². The molecule has 0 radical (unpaired) electrons. The van der Waals surface area contributed by atoms with E-state index in [4.69, 9.17) is 4.74 Å². The van der Waals surface area contributed by atoms with E-state index in [1.54, 1.807) is 6.07 Å². The van der Waals surface area contributed by atoms with Gasteiger partial charge in [-0.25, -0.2) is 4.39 Å². The number of hydrogen-bond donors (Lipinski definition) is 0. The summed E-state index contributed by atoms with van der Waals surface area (Å²) >= 11 is 0. The van der Waals surface area contributed by atoms with Crippen molar-refractivity contribution in [2.24, 2.45) is 0 Å². The second-order valence-corrected chi connectivity index (χ2v) is 10.5. The zero-order chi connectivity index (χ0) is 27.9. The molecule has 0 bridgehead atoms. The van der Waals surface area contributed by atoms with Crippen LogP contribution in [0.15, 0.2) is 66.7 Å². The Morgan fingerprint density at radius 2 is 1.69 bits per heavy atom. The molecule has 0 N–H and O–H groups in total. The molecule has 0 amide bonds. The van der Waals surface area contributed by atoms with E-state index in [0.717, 1.165) is 42.6 Å². The average molecular weight is 539 g/mol. The van der Waals surface area contributed by atoms with E-state index in [1.807, 2.05) is 13.0 Å². The Bertz CT molecular complexity index is 1290. The molecule has 39 heavy (non-hydrogen) atoms. The molecule has 1 aliphatic heterocycles. The van der Waals surface area contributed by atoms with Crippen molar-refractivity contribution in [2.45, 2.75) is 78.2 Å². The van der Waals surface area contributed by atoms with E-state index in [9.17, 15) is 14.3 Å². The van der Waals surface area contributed by atoms with Crippen molar-refractivity contribution in [1.82, 2.24) is 0 Å². The number of carbonyl (C=O) groups is 1. The molecule has 3 aromatic carbocycles. The van der Waals surface area contributed by atoms with Crippen molar-refractivity contribution in [3.8, 4) is 11.1 Å². The van der Waals surface area contributed by atoms with Crippen molar-refractivity contribution < 1.29 is 48.6 Å². The van der Waals surface area contributed by atoms with Crippen LogP contribution in [-0.4, -0.2) is 18.2 Å². The van der Waals surface area contributed by atoms with Crippen LogP contribution in [0.3, 0.4) is 0 Å². The Labute approximate surface area is 255 Å². The number of epoxide rings is 1. The summed E-state index contributed by atoms with van der Waals surface area (Å²) in [5.74, 6) is -1.78. The van der Waals surface area contributed by atoms with Gasteiger partial charge in [-0.2, -0.15) is 0 Å². The third kappa shape index (κ3) is 8.62. The van der Waals surface area contributed by atoms with Crippen LogP contribution in [0.5, 0.6) is 0 Å². The number of hydrogen-bond acceptors (Lipinski definition) is 3. The first-order valence-electron chi connectivity index (χ1n) is 13.5. The van der Waals surface area contributed by atoms with Crippen LogP contribution in [0.1, 0.15) is 74.8 Å². The number of carboxylic acids is 1. The summed E-state index contributed by atoms with van der Waals surface area (Å²) < 4.78 is 19.5. The Balaban J connectivity index is 0.000000302. The summed E-state index contributed by atoms with van der Waals surface area (Å²) in [7, 11) is 0. The number of halogens is 1. The SMILES string of the molecule is CCC(C)(CC)c1ccc(-c2ccc(CC(=O)[O-])c(F)c2)c(C)c1.CCC1(/C=C/c2ccccc2C)CO1.[Na+]. The number of ether oxygens (including phenoxy) is 1. The van der Waals surface area contributed by atoms with E-state index in [2.05, 4.69) is 83.2 Å². The zero-order valence-corrected chi connectivity index (χ0v) is 26.6. The molecule has 0 saturated carbocycles. The average Bonchev–Trinajstić information content (AvgIpc) is 3.69. The molecule has 1 fully saturated rings. The van der Waals surface area contributed by atoms with Crippen LogP contribution in [0, 0.1) is 19.7 Å². The third-order valence-electron chi connectivity index (χ3n) is 8.05. The first-order chi connectivity index (χ1) is 18.1. The Morgan fingerprint density at radius 3 is 2.21 bits per heavy atom. The molecule has 1 heterocycles. The summed E-state index contributed by atoms with van der Waals surface area (Å²) in [6.45, 7) is 13.8. The van der Waals surface area contributed by atoms with Gasteiger partial charge >= 0.3 is 29.6 Å². The van der Waals surface area contributed by atoms with Crippen molar-refractivity contribution >= 4 is 12.0 Å². The molecule has 1 unspecified atom stereocenters. The van der Waals surface area contributed by atoms with E-state index >= 15 is 0 Å². The molecule has 0 spiro atoms. The first kappa shape index (κ1) is 33.0. The predicted molar refractivity (Wildman–Crippen MR) is 152 cm³/mol. The number of rotatable bonds is 9. The number of carbonyl (C=O) groups excluding carboxylic acids is 1. The number of aliphatic carboxylic acids is 1. The van der Waals surface area contributed by atoms with Gasteiger partial charge in [0, 0.05) is 12.4 Å². The van der Waals surface area contributed by atoms with Gasteiger partial charge in [0.1, 0.15) is 11.4 Å². The molecule has 4 rings (SSSR count). The fourth-order valence-electron chi connectivity index (χ4n) is 4.56. The molecule has 3 nitrogen and oxygen atoms in total. The van der Waals surface area contributed by atoms with E-state index in [-0.39, 0.29) is 46.1 Å². The van der Waals surface area contributed by atoms with Gasteiger partial charge in [0.25, 0.3) is 0 Å². The maximum atomic E-state index is 14.1. The van der Waals surface area contributed by atoms with Gasteiger partial charge in [-0.3, -0.25) is 0 Å². The normalized spacial score (nSPS) is 16.3. The molecule has 5 heteroatoms. The minimum Gasteiger partial charge on any atom is -0.550 e. The van der Waals surface area contributed by atoms with Crippen LogP contribution in [-0.2, 0) is 21.4 Å². The largest absolute Gasteiger partial charge is 1.00 e. The van der Waals surface area contributed by atoms with Gasteiger partial charge in [-0.15, -0.1) is 0 Å². The van der Waals surface area contributed by atoms with Gasteiger partial charge in [0.2, 0.25) is 0 Å². The predicted octanol–water partition coefficient (Wildman–Crippen LogP) is 4.36. The van der Waals surface area contributed by atoms with Crippen molar-refractivity contribution in [2.75, 3.05) is 6.61 Å². The Hall–Kier alpha value is -2.24. The number of carboxylic acid groups (broad SMARTS) is 1. The minimum atomic E-state index is -1.28. The minimum absolute atomic E-state index is 0. The van der Waals surface area contributed by atoms with Crippen LogP contribution >= 0.6 is 0 Å². The summed E-state index contributed by atoms with van der Waals surface area (Å²) in [6.07, 6.45) is 7.15. The zero-order valence-electron chi connectivity index (χ0n) is 24.6. The quantitative estimate of drug-likeness (QED) is 0.301. The third-order valence-corrected chi connectivity index (χ3v) is 8.05. The van der Waals surface area contributed by atoms with Crippen molar-refractivity contribution in [1.29, 1.82) is 0 Å². The molecule has 3 aromatic rings. The van der Waals surface area contributed by atoms with Gasteiger partial charge in [0.15, 0.2) is 0 Å². The fraction of sp³-hybridized carbons (Fsp3) is 0.382. The second-order valence-electron chi connectivity index (χ2n) is 10.5. The van der Waals surface area contributed by atoms with E-state index < -0.39 is 18.2 Å². The summed E-state index contributed by atoms with van der Waals surface area (Å²) in [4.78, 5) is 10.6. The summed E-state index contributed by atoms with van der Waals surface area (Å²) in [6, 6.07) is 19.4. The van der Waals surface area contributed by atoms with Crippen LogP contribution in [0.2, 0.25) is 0 Å². The second kappa shape index (κ2) is 14.4. The monoisotopic (exact) mass is 538 g/mol. The molecule has 1 saturated heterocycles. The van der Waals surface area contributed by atoms with Crippen LogP contribution in [0.4, 0.5) is 4.39 Å². The molecular weight excluding hydrogens is 498 g/mol. The standard InChI is InChI=1S/C21H25FO2.C13H16O.Na/c1-5-21(4,6-2)17-9-10-18(14(3)11-17)15-7-8-16(13-20(23)24)19(22)12-15;1-3-13(10-14-13)9-8-12-7-5-4-6-11(12)2;/h7-12H,5-6,13H2,1-4H3,(H,23,24);4-9H,3,10H2,1-2H3;/q;;+1/p-1/b;9-8+;. The molecule has 202 valence electrons. The van der Waals surface area contributed by atoms with Gasteiger partial charge in [0.05, 0.1) is 6.61 Å². The molecule has 1 atom stereocenters. The van der Waals surface area contributed by atoms with E-state index in [1.165, 1.54) is 28.8 Å². The maximum absolute atomic E-state index is 14.1. The van der Waals surface area contributed by atoms with Gasteiger partial charge in [-0.05, 0) is 89.6 Å². The first-order valence-corrected chi connectivity index (χ1v) is 13.5. The molecular formula is C34H40FNaO3. The maximum Gasteiger partial charge on any atom is 1.00 e. The van der Waals surface area contributed by atoms with Gasteiger partial charge < -0.3 is 14.6 Å². The van der Waals surface area contributed by atoms with Crippen molar-refractivity contribution in [3.63, 3.8) is 0 Å². The smallest absolute Gasteiger partial charge is 0.550 e. The summed E-state index contributed by atoms with van der Waals surface area (Å²) in [5.41, 5.74) is 7.06.